The van der Waals surface area contributed by atoms with Crippen molar-refractivity contribution in [2.45, 2.75) is 11.8 Å². The molecule has 6 rings (SSSR count). The van der Waals surface area contributed by atoms with Crippen molar-refractivity contribution < 1.29 is 129 Å². The molecular formula is C34H24N5Na3O9S2. The maximum Gasteiger partial charge on any atom is 1.00 e. The van der Waals surface area contributed by atoms with E-state index in [-0.39, 0.29) is 117 Å². The maximum atomic E-state index is 12.3. The Morgan fingerprint density at radius 3 is 2.09 bits per heavy atom. The van der Waals surface area contributed by atoms with Gasteiger partial charge in [-0.1, -0.05) is 35.7 Å². The fourth-order valence-electron chi connectivity index (χ4n) is 5.05. The number of rotatable bonds is 10. The van der Waals surface area contributed by atoms with E-state index in [1.54, 1.807) is 49.4 Å². The van der Waals surface area contributed by atoms with Crippen LogP contribution < -0.4 is 103 Å². The van der Waals surface area contributed by atoms with E-state index in [1.165, 1.54) is 25.3 Å². The molecule has 0 aliphatic rings. The molecule has 0 radical (unpaired) electrons. The number of para-hydroxylation sites is 1. The van der Waals surface area contributed by atoms with Gasteiger partial charge in [-0.05, 0) is 66.4 Å². The number of azo groups is 2. The third-order valence-corrected chi connectivity index (χ3v) is 8.59. The van der Waals surface area contributed by atoms with Crippen molar-refractivity contribution in [3.63, 3.8) is 0 Å². The smallest absolute Gasteiger partial charge is 0.744 e. The van der Waals surface area contributed by atoms with E-state index in [2.05, 4.69) is 36.0 Å². The number of hydrogen-bond acceptors (Lipinski definition) is 14. The van der Waals surface area contributed by atoms with Crippen molar-refractivity contribution in [1.29, 1.82) is 0 Å². The molecule has 0 aromatic heterocycles. The normalized spacial score (nSPS) is 11.5. The summed E-state index contributed by atoms with van der Waals surface area (Å²) in [7, 11) is -8.72. The minimum absolute atomic E-state index is 0. The molecule has 0 bridgehead atoms. The van der Waals surface area contributed by atoms with E-state index in [0.29, 0.717) is 33.4 Å². The number of methoxy groups -OCH3 is 1. The molecule has 254 valence electrons. The fourth-order valence-corrected chi connectivity index (χ4v) is 6.06. The third-order valence-electron chi connectivity index (χ3n) is 7.36. The minimum Gasteiger partial charge on any atom is -0.744 e. The molecule has 0 atom stereocenters. The van der Waals surface area contributed by atoms with Crippen molar-refractivity contribution in [2.24, 2.45) is 20.5 Å². The monoisotopic (exact) mass is 779 g/mol. The van der Waals surface area contributed by atoms with Crippen LogP contribution in [0.5, 0.6) is 17.2 Å². The molecule has 0 aliphatic carbocycles. The number of aryl methyl sites for hydroxylation is 1. The Bertz CT molecular complexity index is 2580. The van der Waals surface area contributed by atoms with Gasteiger partial charge in [0.05, 0.1) is 23.4 Å². The van der Waals surface area contributed by atoms with E-state index in [1.807, 2.05) is 30.3 Å². The molecule has 19 heteroatoms. The van der Waals surface area contributed by atoms with Crippen molar-refractivity contribution in [3.8, 4) is 17.2 Å². The second kappa shape index (κ2) is 18.6. The average Bonchev–Trinajstić information content (AvgIpc) is 3.06. The second-order valence-electron chi connectivity index (χ2n) is 10.7. The van der Waals surface area contributed by atoms with Gasteiger partial charge >= 0.3 is 88.7 Å². The molecule has 0 amide bonds. The zero-order valence-corrected chi connectivity index (χ0v) is 36.7. The van der Waals surface area contributed by atoms with Gasteiger partial charge in [0.15, 0.2) is 5.75 Å². The van der Waals surface area contributed by atoms with E-state index in [9.17, 15) is 31.0 Å². The first-order valence-electron chi connectivity index (χ1n) is 14.5. The third kappa shape index (κ3) is 10.9. The van der Waals surface area contributed by atoms with Crippen LogP contribution >= 0.6 is 0 Å². The molecule has 0 spiro atoms. The SMILES string of the molecule is COc1cc(N=Nc2ccc3c(OS(=O)(=O)[O-])c[c-]cc3c2)c(C)cc1N=Nc1c(S(=O)(=O)[O-])cc2cc(Nc3ccccc3)ccc2c1O.[Na+].[Na+].[Na+]. The van der Waals surface area contributed by atoms with Crippen LogP contribution in [0.2, 0.25) is 0 Å². The number of anilines is 2. The van der Waals surface area contributed by atoms with Crippen LogP contribution in [0.3, 0.4) is 0 Å². The summed E-state index contributed by atoms with van der Waals surface area (Å²) in [4.78, 5) is -0.759. The van der Waals surface area contributed by atoms with Crippen LogP contribution in [0.15, 0.2) is 122 Å². The standard InChI is InChI=1S/C34H26N5O9S2.3Na/c1-20-15-29(31(47-2)19-28(20)37-36-25-12-13-26-21(16-25)7-6-10-30(26)48-50(44,45)46)38-39-33-32(49(41,42)43)18-22-17-24(11-14-27(22)34(33)40)35-23-8-4-3-5-9-23;;;/h3-5,7-19,35,40H,1-2H3,(H,41,42,43)(H,44,45,46);;;/q-1;3*+1/p-2. The number of ether oxygens (including phenoxy) is 1. The summed E-state index contributed by atoms with van der Waals surface area (Å²) in [5.74, 6) is -0.548. The number of fused-ring (bicyclic) bond motifs is 2. The Morgan fingerprint density at radius 1 is 0.717 bits per heavy atom. The number of aromatic hydroxyl groups is 1. The minimum atomic E-state index is -5.10. The largest absolute Gasteiger partial charge is 1.00 e. The predicted molar refractivity (Wildman–Crippen MR) is 182 cm³/mol. The summed E-state index contributed by atoms with van der Waals surface area (Å²) in [6, 6.07) is 28.5. The summed E-state index contributed by atoms with van der Waals surface area (Å²) in [5, 5.41) is 32.3. The summed E-state index contributed by atoms with van der Waals surface area (Å²) in [5.41, 5.74) is 2.31. The number of phenolic OH excluding ortho intramolecular Hbond substituents is 1. The quantitative estimate of drug-likeness (QED) is 0.0578. The zero-order valence-electron chi connectivity index (χ0n) is 29.1. The molecule has 14 nitrogen and oxygen atoms in total. The van der Waals surface area contributed by atoms with Crippen LogP contribution in [-0.4, -0.2) is 38.2 Å². The van der Waals surface area contributed by atoms with Crippen molar-refractivity contribution in [1.82, 2.24) is 0 Å². The molecule has 6 aromatic carbocycles. The molecule has 0 saturated carbocycles. The van der Waals surface area contributed by atoms with Crippen molar-refractivity contribution in [2.75, 3.05) is 12.4 Å². The van der Waals surface area contributed by atoms with Crippen LogP contribution in [0.25, 0.3) is 21.5 Å². The predicted octanol–water partition coefficient (Wildman–Crippen LogP) is -0.855. The molecule has 0 saturated heterocycles. The Labute approximate surface area is 371 Å². The summed E-state index contributed by atoms with van der Waals surface area (Å²) >= 11 is 0. The number of nitrogens with zero attached hydrogens (tertiary/aromatic N) is 4. The van der Waals surface area contributed by atoms with Gasteiger partial charge in [-0.3, -0.25) is 0 Å². The second-order valence-corrected chi connectivity index (χ2v) is 13.1. The molecule has 0 aliphatic heterocycles. The number of phenols is 1. The molecule has 53 heavy (non-hydrogen) atoms. The molecule has 0 unspecified atom stereocenters. The number of hydrogen-bond donors (Lipinski definition) is 2. The van der Waals surface area contributed by atoms with E-state index < -0.39 is 36.8 Å². The Kier molecular flexibility index (Phi) is 15.6. The van der Waals surface area contributed by atoms with Crippen LogP contribution in [0.4, 0.5) is 34.1 Å². The zero-order chi connectivity index (χ0) is 35.6. The molecule has 2 N–H and O–H groups in total. The fraction of sp³-hybridized carbons (Fsp3) is 0.0588. The first-order valence-corrected chi connectivity index (χ1v) is 17.2. The van der Waals surface area contributed by atoms with Crippen LogP contribution in [-0.2, 0) is 20.5 Å². The Balaban J connectivity index is 0.00000252. The molecular weight excluding hydrogens is 756 g/mol. The van der Waals surface area contributed by atoms with Gasteiger partial charge in [-0.2, -0.15) is 22.4 Å². The summed E-state index contributed by atoms with van der Waals surface area (Å²) < 4.78 is 80.1. The Hall–Kier alpha value is -2.94. The van der Waals surface area contributed by atoms with Crippen molar-refractivity contribution in [3.05, 3.63) is 109 Å². The van der Waals surface area contributed by atoms with Crippen LogP contribution in [0.1, 0.15) is 5.56 Å². The van der Waals surface area contributed by atoms with Gasteiger partial charge in [0.25, 0.3) is 10.4 Å². The first-order chi connectivity index (χ1) is 23.8. The van der Waals surface area contributed by atoms with Gasteiger partial charge in [-0.15, -0.1) is 21.7 Å². The van der Waals surface area contributed by atoms with Gasteiger partial charge in [0.1, 0.15) is 27.2 Å². The van der Waals surface area contributed by atoms with E-state index in [4.69, 9.17) is 4.74 Å². The van der Waals surface area contributed by atoms with Gasteiger partial charge in [0.2, 0.25) is 0 Å². The first kappa shape index (κ1) is 44.5. The number of nitrogens with one attached hydrogen (secondary N) is 1. The number of benzene rings is 6. The van der Waals surface area contributed by atoms with Gasteiger partial charge < -0.3 is 28.4 Å². The van der Waals surface area contributed by atoms with Crippen LogP contribution in [0, 0.1) is 13.0 Å². The van der Waals surface area contributed by atoms with E-state index >= 15 is 0 Å². The summed E-state index contributed by atoms with van der Waals surface area (Å²) in [6.45, 7) is 1.71. The average molecular weight is 780 g/mol. The van der Waals surface area contributed by atoms with Gasteiger partial charge in [-0.25, -0.2) is 16.8 Å². The summed E-state index contributed by atoms with van der Waals surface area (Å²) in [6.07, 6.45) is 0. The molecule has 0 fully saturated rings. The molecule has 0 heterocycles. The maximum absolute atomic E-state index is 12.3. The topological polar surface area (TPSA) is 215 Å². The molecule has 6 aromatic rings. The Morgan fingerprint density at radius 2 is 1.42 bits per heavy atom. The van der Waals surface area contributed by atoms with Crippen molar-refractivity contribution >= 4 is 76.2 Å². The van der Waals surface area contributed by atoms with E-state index in [0.717, 1.165) is 11.8 Å². The van der Waals surface area contributed by atoms with Gasteiger partial charge in [0, 0.05) is 28.6 Å².